The second-order valence-corrected chi connectivity index (χ2v) is 5.21. The summed E-state index contributed by atoms with van der Waals surface area (Å²) in [4.78, 5) is 24.3. The van der Waals surface area contributed by atoms with Gasteiger partial charge in [-0.2, -0.15) is 0 Å². The third-order valence-electron chi connectivity index (χ3n) is 3.51. The number of amides is 1. The van der Waals surface area contributed by atoms with Gasteiger partial charge in [0.25, 0.3) is 11.6 Å². The van der Waals surface area contributed by atoms with Gasteiger partial charge >= 0.3 is 0 Å². The summed E-state index contributed by atoms with van der Waals surface area (Å²) in [5, 5.41) is 13.9. The zero-order chi connectivity index (χ0) is 14.7. The molecule has 1 atom stereocenters. The largest absolute Gasteiger partial charge is 0.337 e. The van der Waals surface area contributed by atoms with Gasteiger partial charge in [0, 0.05) is 31.3 Å². The number of likely N-dealkylation sites (tertiary alicyclic amines) is 1. The van der Waals surface area contributed by atoms with Crippen LogP contribution in [0.15, 0.2) is 18.2 Å². The Morgan fingerprint density at radius 3 is 2.90 bits per heavy atom. The van der Waals surface area contributed by atoms with Crippen LogP contribution in [0.25, 0.3) is 0 Å². The minimum Gasteiger partial charge on any atom is -0.337 e. The van der Waals surface area contributed by atoms with Crippen molar-refractivity contribution in [1.29, 1.82) is 0 Å². The molecule has 20 heavy (non-hydrogen) atoms. The van der Waals surface area contributed by atoms with Crippen LogP contribution in [0.3, 0.4) is 0 Å². The number of nitrogens with zero attached hydrogens (tertiary/aromatic N) is 2. The van der Waals surface area contributed by atoms with Gasteiger partial charge in [0.05, 0.1) is 15.5 Å². The van der Waals surface area contributed by atoms with Crippen molar-refractivity contribution in [1.82, 2.24) is 10.2 Å². The number of nitro groups is 1. The normalized spacial score (nSPS) is 18.9. The van der Waals surface area contributed by atoms with Gasteiger partial charge in [-0.3, -0.25) is 14.9 Å². The number of non-ortho nitro benzene ring substituents is 1. The quantitative estimate of drug-likeness (QED) is 0.684. The molecule has 1 aliphatic rings. The fourth-order valence-electron chi connectivity index (χ4n) is 2.36. The zero-order valence-corrected chi connectivity index (χ0v) is 11.9. The Balaban J connectivity index is 2.18. The van der Waals surface area contributed by atoms with Gasteiger partial charge in [-0.1, -0.05) is 11.6 Å². The molecule has 1 aromatic carbocycles. The average molecular weight is 298 g/mol. The van der Waals surface area contributed by atoms with Crippen molar-refractivity contribution in [3.63, 3.8) is 0 Å². The molecular formula is C13H16ClN3O3. The fraction of sp³-hybridized carbons (Fsp3) is 0.462. The molecule has 0 saturated carbocycles. The van der Waals surface area contributed by atoms with Crippen molar-refractivity contribution in [3.05, 3.63) is 38.9 Å². The number of hydrogen-bond donors (Lipinski definition) is 1. The van der Waals surface area contributed by atoms with E-state index >= 15 is 0 Å². The van der Waals surface area contributed by atoms with E-state index in [1.54, 1.807) is 4.90 Å². The van der Waals surface area contributed by atoms with Gasteiger partial charge in [-0.25, -0.2) is 0 Å². The molecule has 7 heteroatoms. The highest BCUT2D eigenvalue weighted by molar-refractivity contribution is 6.34. The third-order valence-corrected chi connectivity index (χ3v) is 3.82. The van der Waals surface area contributed by atoms with E-state index in [4.69, 9.17) is 11.6 Å². The van der Waals surface area contributed by atoms with Crippen LogP contribution >= 0.6 is 11.6 Å². The smallest absolute Gasteiger partial charge is 0.270 e. The number of carbonyl (C=O) groups is 1. The molecule has 1 amide bonds. The van der Waals surface area contributed by atoms with Crippen molar-refractivity contribution in [2.75, 3.05) is 20.1 Å². The fourth-order valence-corrected chi connectivity index (χ4v) is 2.61. The first-order chi connectivity index (χ1) is 9.52. The van der Waals surface area contributed by atoms with E-state index in [1.807, 2.05) is 7.05 Å². The maximum absolute atomic E-state index is 12.4. The highest BCUT2D eigenvalue weighted by Gasteiger charge is 2.25. The molecule has 1 aromatic rings. The third kappa shape index (κ3) is 3.08. The highest BCUT2D eigenvalue weighted by atomic mass is 35.5. The highest BCUT2D eigenvalue weighted by Crippen LogP contribution is 2.24. The maximum Gasteiger partial charge on any atom is 0.270 e. The molecule has 1 unspecified atom stereocenters. The Morgan fingerprint density at radius 2 is 2.30 bits per heavy atom. The van der Waals surface area contributed by atoms with E-state index < -0.39 is 4.92 Å². The van der Waals surface area contributed by atoms with E-state index in [9.17, 15) is 14.9 Å². The van der Waals surface area contributed by atoms with Crippen molar-refractivity contribution in [2.24, 2.45) is 0 Å². The molecule has 6 nitrogen and oxygen atoms in total. The topological polar surface area (TPSA) is 75.5 Å². The van der Waals surface area contributed by atoms with E-state index in [0.717, 1.165) is 12.8 Å². The second kappa shape index (κ2) is 6.19. The first-order valence-corrected chi connectivity index (χ1v) is 6.81. The van der Waals surface area contributed by atoms with Crippen molar-refractivity contribution in [2.45, 2.75) is 18.9 Å². The van der Waals surface area contributed by atoms with Crippen LogP contribution in [0, 0.1) is 10.1 Å². The Bertz CT molecular complexity index is 536. The summed E-state index contributed by atoms with van der Waals surface area (Å²) in [6, 6.07) is 4.23. The zero-order valence-electron chi connectivity index (χ0n) is 11.1. The van der Waals surface area contributed by atoms with Crippen molar-refractivity contribution >= 4 is 23.2 Å². The lowest BCUT2D eigenvalue weighted by molar-refractivity contribution is -0.384. The van der Waals surface area contributed by atoms with Crippen LogP contribution in [-0.4, -0.2) is 41.9 Å². The molecule has 1 aliphatic heterocycles. The number of nitrogens with one attached hydrogen (secondary N) is 1. The Labute approximate surface area is 121 Å². The molecule has 0 aliphatic carbocycles. The van der Waals surface area contributed by atoms with Gasteiger partial charge < -0.3 is 10.2 Å². The number of rotatable bonds is 3. The first kappa shape index (κ1) is 14.7. The van der Waals surface area contributed by atoms with Crippen LogP contribution in [0.2, 0.25) is 5.02 Å². The minimum atomic E-state index is -0.530. The van der Waals surface area contributed by atoms with Crippen LogP contribution in [0.1, 0.15) is 23.2 Å². The molecule has 1 heterocycles. The van der Waals surface area contributed by atoms with Gasteiger partial charge in [-0.15, -0.1) is 0 Å². The minimum absolute atomic E-state index is 0.113. The number of halogens is 1. The number of hydrogen-bond acceptors (Lipinski definition) is 4. The summed E-state index contributed by atoms with van der Waals surface area (Å²) in [6.07, 6.45) is 1.97. The van der Waals surface area contributed by atoms with E-state index in [-0.39, 0.29) is 22.7 Å². The molecular weight excluding hydrogens is 282 g/mol. The Hall–Kier alpha value is -1.66. The summed E-state index contributed by atoms with van der Waals surface area (Å²) < 4.78 is 0. The first-order valence-electron chi connectivity index (χ1n) is 6.43. The molecule has 1 saturated heterocycles. The van der Waals surface area contributed by atoms with E-state index in [1.165, 1.54) is 18.2 Å². The Morgan fingerprint density at radius 1 is 1.55 bits per heavy atom. The van der Waals surface area contributed by atoms with Crippen molar-refractivity contribution < 1.29 is 9.72 Å². The number of piperidine rings is 1. The molecule has 1 N–H and O–H groups in total. The lowest BCUT2D eigenvalue weighted by atomic mass is 10.0. The standard InChI is InChI=1S/C13H16ClN3O3/c1-15-9-3-2-6-16(8-9)13(18)11-5-4-10(17(19)20)7-12(11)14/h4-5,7,9,15H,2-3,6,8H2,1H3. The van der Waals surface area contributed by atoms with Crippen LogP contribution in [0.4, 0.5) is 5.69 Å². The van der Waals surface area contributed by atoms with Crippen LogP contribution in [-0.2, 0) is 0 Å². The monoisotopic (exact) mass is 297 g/mol. The number of likely N-dealkylation sites (N-methyl/N-ethyl adjacent to an activating group) is 1. The molecule has 0 aromatic heterocycles. The number of benzene rings is 1. The number of nitro benzene ring substituents is 1. The predicted octanol–water partition coefficient (Wildman–Crippen LogP) is 2.07. The summed E-state index contributed by atoms with van der Waals surface area (Å²) in [7, 11) is 1.87. The summed E-state index contributed by atoms with van der Waals surface area (Å²) in [5.41, 5.74) is 0.201. The number of carbonyl (C=O) groups excluding carboxylic acids is 1. The van der Waals surface area contributed by atoms with Gasteiger partial charge in [0.1, 0.15) is 0 Å². The molecule has 108 valence electrons. The van der Waals surface area contributed by atoms with Crippen LogP contribution < -0.4 is 5.32 Å². The van der Waals surface area contributed by atoms with E-state index in [0.29, 0.717) is 18.7 Å². The predicted molar refractivity (Wildman–Crippen MR) is 76.1 cm³/mol. The average Bonchev–Trinajstić information content (AvgIpc) is 2.46. The second-order valence-electron chi connectivity index (χ2n) is 4.80. The lowest BCUT2D eigenvalue weighted by Crippen LogP contribution is -2.47. The van der Waals surface area contributed by atoms with Crippen LogP contribution in [0.5, 0.6) is 0 Å². The maximum atomic E-state index is 12.4. The summed E-state index contributed by atoms with van der Waals surface area (Å²) >= 11 is 5.99. The van der Waals surface area contributed by atoms with Gasteiger partial charge in [0.2, 0.25) is 0 Å². The molecule has 1 fully saturated rings. The lowest BCUT2D eigenvalue weighted by Gasteiger charge is -2.32. The van der Waals surface area contributed by atoms with Gasteiger partial charge in [-0.05, 0) is 26.0 Å². The summed E-state index contributed by atoms with van der Waals surface area (Å²) in [6.45, 7) is 1.31. The molecule has 2 rings (SSSR count). The summed E-state index contributed by atoms with van der Waals surface area (Å²) in [5.74, 6) is -0.176. The molecule has 0 spiro atoms. The van der Waals surface area contributed by atoms with Gasteiger partial charge in [0.15, 0.2) is 0 Å². The van der Waals surface area contributed by atoms with E-state index in [2.05, 4.69) is 5.32 Å². The Kier molecular flexibility index (Phi) is 4.57. The molecule has 0 bridgehead atoms. The molecule has 0 radical (unpaired) electrons. The SMILES string of the molecule is CNC1CCCN(C(=O)c2ccc([N+](=O)[O-])cc2Cl)C1. The van der Waals surface area contributed by atoms with Crippen molar-refractivity contribution in [3.8, 4) is 0 Å².